The van der Waals surface area contributed by atoms with Gasteiger partial charge in [-0.05, 0) is 36.6 Å². The minimum atomic E-state index is -0.0951. The molecule has 2 aliphatic heterocycles. The molecule has 0 aromatic carbocycles. The predicted molar refractivity (Wildman–Crippen MR) is 104 cm³/mol. The molecule has 0 saturated carbocycles. The smallest absolute Gasteiger partial charge is 0.255 e. The molecule has 4 heterocycles. The summed E-state index contributed by atoms with van der Waals surface area (Å²) < 4.78 is 5.37. The van der Waals surface area contributed by atoms with Crippen molar-refractivity contribution in [1.82, 2.24) is 15.3 Å². The standard InChI is InChI=1S/C20H25N5O2/c26-20(17-4-3-7-21-19(17)25-8-1-2-9-25)23-15-16-5-6-18(22-14-16)24-10-12-27-13-11-24/h3-7,14H,1-2,8-13,15H2,(H,23,26). The molecule has 27 heavy (non-hydrogen) atoms. The van der Waals surface area contributed by atoms with Crippen LogP contribution in [-0.4, -0.2) is 55.3 Å². The van der Waals surface area contributed by atoms with Crippen LogP contribution in [0.4, 0.5) is 11.6 Å². The SMILES string of the molecule is O=C(NCc1ccc(N2CCOCC2)nc1)c1cccnc1N1CCCC1. The molecule has 0 unspecified atom stereocenters. The Balaban J connectivity index is 1.38. The molecule has 1 amide bonds. The Labute approximate surface area is 159 Å². The van der Waals surface area contributed by atoms with Crippen LogP contribution in [0.5, 0.6) is 0 Å². The van der Waals surface area contributed by atoms with E-state index in [2.05, 4.69) is 25.1 Å². The molecular weight excluding hydrogens is 342 g/mol. The zero-order valence-electron chi connectivity index (χ0n) is 15.4. The Morgan fingerprint density at radius 1 is 1.04 bits per heavy atom. The van der Waals surface area contributed by atoms with E-state index >= 15 is 0 Å². The van der Waals surface area contributed by atoms with E-state index in [1.54, 1.807) is 6.20 Å². The molecule has 2 aliphatic rings. The first kappa shape index (κ1) is 17.7. The molecule has 0 radical (unpaired) electrons. The minimum Gasteiger partial charge on any atom is -0.378 e. The molecule has 142 valence electrons. The highest BCUT2D eigenvalue weighted by Gasteiger charge is 2.20. The molecule has 0 atom stereocenters. The van der Waals surface area contributed by atoms with Crippen molar-refractivity contribution in [2.75, 3.05) is 49.2 Å². The van der Waals surface area contributed by atoms with Crippen LogP contribution < -0.4 is 15.1 Å². The van der Waals surface area contributed by atoms with Crippen LogP contribution in [0, 0.1) is 0 Å². The Morgan fingerprint density at radius 2 is 1.85 bits per heavy atom. The van der Waals surface area contributed by atoms with Gasteiger partial charge in [0.05, 0.1) is 18.8 Å². The van der Waals surface area contributed by atoms with Crippen LogP contribution >= 0.6 is 0 Å². The largest absolute Gasteiger partial charge is 0.378 e. The maximum absolute atomic E-state index is 12.7. The first-order chi connectivity index (χ1) is 13.3. The second-order valence-corrected chi connectivity index (χ2v) is 6.88. The molecule has 4 rings (SSSR count). The number of carbonyl (C=O) groups excluding carboxylic acids is 1. The van der Waals surface area contributed by atoms with Crippen molar-refractivity contribution in [2.45, 2.75) is 19.4 Å². The van der Waals surface area contributed by atoms with E-state index in [-0.39, 0.29) is 5.91 Å². The van der Waals surface area contributed by atoms with Gasteiger partial charge >= 0.3 is 0 Å². The predicted octanol–water partition coefficient (Wildman–Crippen LogP) is 1.84. The van der Waals surface area contributed by atoms with E-state index in [1.807, 2.05) is 30.5 Å². The molecule has 0 aliphatic carbocycles. The number of aromatic nitrogens is 2. The number of amides is 1. The maximum atomic E-state index is 12.7. The quantitative estimate of drug-likeness (QED) is 0.870. The van der Waals surface area contributed by atoms with Gasteiger partial charge in [0.2, 0.25) is 0 Å². The Morgan fingerprint density at radius 3 is 2.59 bits per heavy atom. The lowest BCUT2D eigenvalue weighted by Gasteiger charge is -2.27. The van der Waals surface area contributed by atoms with Gasteiger partial charge in [-0.1, -0.05) is 6.07 Å². The number of anilines is 2. The van der Waals surface area contributed by atoms with E-state index in [4.69, 9.17) is 4.74 Å². The highest BCUT2D eigenvalue weighted by Crippen LogP contribution is 2.22. The summed E-state index contributed by atoms with van der Waals surface area (Å²) in [5, 5.41) is 3.00. The van der Waals surface area contributed by atoms with Gasteiger partial charge in [-0.25, -0.2) is 9.97 Å². The summed E-state index contributed by atoms with van der Waals surface area (Å²) in [4.78, 5) is 26.1. The van der Waals surface area contributed by atoms with Gasteiger partial charge in [-0.3, -0.25) is 4.79 Å². The van der Waals surface area contributed by atoms with Crippen LogP contribution in [0.2, 0.25) is 0 Å². The van der Waals surface area contributed by atoms with Crippen LogP contribution in [0.3, 0.4) is 0 Å². The summed E-state index contributed by atoms with van der Waals surface area (Å²) in [6.07, 6.45) is 5.88. The van der Waals surface area contributed by atoms with Crippen molar-refractivity contribution in [2.24, 2.45) is 0 Å². The van der Waals surface area contributed by atoms with E-state index < -0.39 is 0 Å². The van der Waals surface area contributed by atoms with Crippen LogP contribution in [0.1, 0.15) is 28.8 Å². The Bertz CT molecular complexity index is 768. The maximum Gasteiger partial charge on any atom is 0.255 e. The van der Waals surface area contributed by atoms with Crippen molar-refractivity contribution in [3.05, 3.63) is 47.8 Å². The molecule has 0 spiro atoms. The highest BCUT2D eigenvalue weighted by molar-refractivity contribution is 5.98. The first-order valence-corrected chi connectivity index (χ1v) is 9.57. The number of nitrogens with zero attached hydrogens (tertiary/aromatic N) is 4. The molecule has 2 saturated heterocycles. The topological polar surface area (TPSA) is 70.6 Å². The van der Waals surface area contributed by atoms with E-state index in [0.29, 0.717) is 12.1 Å². The van der Waals surface area contributed by atoms with Gasteiger partial charge in [-0.15, -0.1) is 0 Å². The van der Waals surface area contributed by atoms with Crippen molar-refractivity contribution in [3.8, 4) is 0 Å². The molecule has 2 aromatic rings. The molecular formula is C20H25N5O2. The number of nitrogens with one attached hydrogen (secondary N) is 1. The summed E-state index contributed by atoms with van der Waals surface area (Å²) in [5.74, 6) is 1.65. The number of hydrogen-bond donors (Lipinski definition) is 1. The summed E-state index contributed by atoms with van der Waals surface area (Å²) >= 11 is 0. The lowest BCUT2D eigenvalue weighted by atomic mass is 10.2. The molecule has 0 bridgehead atoms. The summed E-state index contributed by atoms with van der Waals surface area (Å²) in [5.41, 5.74) is 1.62. The number of hydrogen-bond acceptors (Lipinski definition) is 6. The normalized spacial score (nSPS) is 17.2. The van der Waals surface area contributed by atoms with Gasteiger partial charge < -0.3 is 19.9 Å². The lowest BCUT2D eigenvalue weighted by Crippen LogP contribution is -2.36. The Hall–Kier alpha value is -2.67. The summed E-state index contributed by atoms with van der Waals surface area (Å²) in [6, 6.07) is 7.68. The van der Waals surface area contributed by atoms with Crippen molar-refractivity contribution in [1.29, 1.82) is 0 Å². The van der Waals surface area contributed by atoms with Gasteiger partial charge in [-0.2, -0.15) is 0 Å². The van der Waals surface area contributed by atoms with Crippen LogP contribution in [0.15, 0.2) is 36.7 Å². The average molecular weight is 367 g/mol. The fraction of sp³-hybridized carbons (Fsp3) is 0.450. The van der Waals surface area contributed by atoms with E-state index in [9.17, 15) is 4.79 Å². The average Bonchev–Trinajstić information content (AvgIpc) is 3.28. The number of ether oxygens (including phenoxy) is 1. The second kappa shape index (κ2) is 8.35. The third-order valence-electron chi connectivity index (χ3n) is 5.03. The van der Waals surface area contributed by atoms with Crippen LogP contribution in [-0.2, 0) is 11.3 Å². The molecule has 1 N–H and O–H groups in total. The zero-order valence-corrected chi connectivity index (χ0v) is 15.4. The summed E-state index contributed by atoms with van der Waals surface area (Å²) in [7, 11) is 0. The minimum absolute atomic E-state index is 0.0951. The van der Waals surface area contributed by atoms with Crippen LogP contribution in [0.25, 0.3) is 0 Å². The molecule has 2 fully saturated rings. The van der Waals surface area contributed by atoms with Gasteiger partial charge in [0, 0.05) is 45.1 Å². The zero-order chi connectivity index (χ0) is 18.5. The number of morpholine rings is 1. The number of rotatable bonds is 5. The molecule has 7 nitrogen and oxygen atoms in total. The number of pyridine rings is 2. The highest BCUT2D eigenvalue weighted by atomic mass is 16.5. The fourth-order valence-corrected chi connectivity index (χ4v) is 3.53. The van der Waals surface area contributed by atoms with Gasteiger partial charge in [0.15, 0.2) is 0 Å². The first-order valence-electron chi connectivity index (χ1n) is 9.57. The Kier molecular flexibility index (Phi) is 5.48. The number of carbonyl (C=O) groups is 1. The monoisotopic (exact) mass is 367 g/mol. The van der Waals surface area contributed by atoms with E-state index in [1.165, 1.54) is 0 Å². The fourth-order valence-electron chi connectivity index (χ4n) is 3.53. The van der Waals surface area contributed by atoms with Gasteiger partial charge in [0.1, 0.15) is 11.6 Å². The third-order valence-corrected chi connectivity index (χ3v) is 5.03. The van der Waals surface area contributed by atoms with Gasteiger partial charge in [0.25, 0.3) is 5.91 Å². The second-order valence-electron chi connectivity index (χ2n) is 6.88. The summed E-state index contributed by atoms with van der Waals surface area (Å²) in [6.45, 7) is 5.58. The van der Waals surface area contributed by atoms with Crippen molar-refractivity contribution < 1.29 is 9.53 Å². The van der Waals surface area contributed by atoms with E-state index in [0.717, 1.165) is 69.4 Å². The van der Waals surface area contributed by atoms with Crippen molar-refractivity contribution >= 4 is 17.5 Å². The lowest BCUT2D eigenvalue weighted by molar-refractivity contribution is 0.0951. The third kappa shape index (κ3) is 4.19. The molecule has 7 heteroatoms. The molecule has 2 aromatic heterocycles. The van der Waals surface area contributed by atoms with Crippen molar-refractivity contribution in [3.63, 3.8) is 0 Å².